The average molecular weight is 289 g/mol. The summed E-state index contributed by atoms with van der Waals surface area (Å²) in [7, 11) is 1.91. The van der Waals surface area contributed by atoms with Crippen LogP contribution in [0.4, 0.5) is 4.39 Å². The Morgan fingerprint density at radius 2 is 2.33 bits per heavy atom. The minimum atomic E-state index is -0.669. The fourth-order valence-corrected chi connectivity index (χ4v) is 3.08. The maximum absolute atomic E-state index is 13.2. The topological polar surface area (TPSA) is 41.3 Å². The number of aromatic nitrogens is 2. The second-order valence-electron chi connectivity index (χ2n) is 5.67. The van der Waals surface area contributed by atoms with E-state index < -0.39 is 6.10 Å². The van der Waals surface area contributed by atoms with Crippen molar-refractivity contribution in [3.8, 4) is 0 Å². The summed E-state index contributed by atoms with van der Waals surface area (Å²) in [6, 6.07) is 6.49. The Hall–Kier alpha value is -1.72. The van der Waals surface area contributed by atoms with Crippen molar-refractivity contribution in [1.82, 2.24) is 14.7 Å². The van der Waals surface area contributed by atoms with Crippen LogP contribution in [0.5, 0.6) is 0 Å². The molecule has 0 unspecified atom stereocenters. The molecule has 0 amide bonds. The van der Waals surface area contributed by atoms with Crippen molar-refractivity contribution < 1.29 is 9.50 Å². The van der Waals surface area contributed by atoms with E-state index in [1.54, 1.807) is 16.8 Å². The van der Waals surface area contributed by atoms with E-state index in [2.05, 4.69) is 10.00 Å². The van der Waals surface area contributed by atoms with Gasteiger partial charge in [-0.1, -0.05) is 12.1 Å². The van der Waals surface area contributed by atoms with Gasteiger partial charge in [-0.2, -0.15) is 5.10 Å². The minimum Gasteiger partial charge on any atom is -0.387 e. The molecule has 2 aromatic rings. The van der Waals surface area contributed by atoms with Crippen LogP contribution in [-0.2, 0) is 7.05 Å². The number of aryl methyl sites for hydroxylation is 1. The molecule has 0 radical (unpaired) electrons. The summed E-state index contributed by atoms with van der Waals surface area (Å²) >= 11 is 0. The van der Waals surface area contributed by atoms with Gasteiger partial charge in [-0.3, -0.25) is 9.58 Å². The average Bonchev–Trinajstić information content (AvgIpc) is 3.07. The highest BCUT2D eigenvalue weighted by molar-refractivity contribution is 5.20. The molecule has 0 saturated carbocycles. The maximum Gasteiger partial charge on any atom is 0.123 e. The standard InChI is InChI=1S/C16H20FN3O/c1-19-10-13(9-18-19)15-6-3-7-20(15)11-16(21)12-4-2-5-14(17)8-12/h2,4-5,8-10,15-16,21H,3,6-7,11H2,1H3/t15-,16+/m1/s1. The van der Waals surface area contributed by atoms with Crippen molar-refractivity contribution in [3.63, 3.8) is 0 Å². The summed E-state index contributed by atoms with van der Waals surface area (Å²) in [5, 5.41) is 14.6. The van der Waals surface area contributed by atoms with Crippen molar-refractivity contribution >= 4 is 0 Å². The summed E-state index contributed by atoms with van der Waals surface area (Å²) in [5.41, 5.74) is 1.81. The van der Waals surface area contributed by atoms with Gasteiger partial charge >= 0.3 is 0 Å². The number of aliphatic hydroxyl groups is 1. The fourth-order valence-electron chi connectivity index (χ4n) is 3.08. The molecule has 1 aliphatic rings. The van der Waals surface area contributed by atoms with Gasteiger partial charge in [0.1, 0.15) is 5.82 Å². The molecule has 21 heavy (non-hydrogen) atoms. The Morgan fingerprint density at radius 3 is 3.05 bits per heavy atom. The second kappa shape index (κ2) is 5.95. The predicted molar refractivity (Wildman–Crippen MR) is 78.1 cm³/mol. The number of β-amino-alcohol motifs (C(OH)–C–C–N with tert-alkyl or cyclic N) is 1. The Morgan fingerprint density at radius 1 is 1.48 bits per heavy atom. The molecule has 1 aromatic heterocycles. The zero-order chi connectivity index (χ0) is 14.8. The molecule has 1 aromatic carbocycles. The highest BCUT2D eigenvalue weighted by Gasteiger charge is 2.28. The molecule has 2 atom stereocenters. The van der Waals surface area contributed by atoms with Crippen molar-refractivity contribution in [2.75, 3.05) is 13.1 Å². The number of nitrogens with zero attached hydrogens (tertiary/aromatic N) is 3. The summed E-state index contributed by atoms with van der Waals surface area (Å²) in [4.78, 5) is 2.26. The van der Waals surface area contributed by atoms with Gasteiger partial charge in [-0.25, -0.2) is 4.39 Å². The van der Waals surface area contributed by atoms with Crippen LogP contribution in [0.15, 0.2) is 36.7 Å². The number of likely N-dealkylation sites (tertiary alicyclic amines) is 1. The number of hydrogen-bond acceptors (Lipinski definition) is 3. The molecule has 5 heteroatoms. The van der Waals surface area contributed by atoms with Gasteiger partial charge in [0.05, 0.1) is 12.3 Å². The molecule has 1 aliphatic heterocycles. The van der Waals surface area contributed by atoms with Crippen LogP contribution in [0.3, 0.4) is 0 Å². The number of halogens is 1. The van der Waals surface area contributed by atoms with E-state index >= 15 is 0 Å². The third kappa shape index (κ3) is 3.14. The smallest absolute Gasteiger partial charge is 0.123 e. The van der Waals surface area contributed by atoms with Crippen LogP contribution in [0.1, 0.15) is 36.1 Å². The van der Waals surface area contributed by atoms with E-state index in [0.717, 1.165) is 19.4 Å². The van der Waals surface area contributed by atoms with Gasteiger partial charge in [-0.05, 0) is 37.1 Å². The molecule has 1 saturated heterocycles. The molecule has 0 spiro atoms. The molecule has 0 aliphatic carbocycles. The molecular formula is C16H20FN3O. The lowest BCUT2D eigenvalue weighted by Gasteiger charge is -2.26. The van der Waals surface area contributed by atoms with E-state index in [0.29, 0.717) is 18.2 Å². The van der Waals surface area contributed by atoms with E-state index in [-0.39, 0.29) is 5.82 Å². The first-order valence-corrected chi connectivity index (χ1v) is 7.29. The first kappa shape index (κ1) is 14.2. The van der Waals surface area contributed by atoms with E-state index in [1.165, 1.54) is 17.7 Å². The maximum atomic E-state index is 13.2. The predicted octanol–water partition coefficient (Wildman–Crippen LogP) is 2.43. The largest absolute Gasteiger partial charge is 0.387 e. The molecule has 1 N–H and O–H groups in total. The summed E-state index contributed by atoms with van der Waals surface area (Å²) in [6.07, 6.45) is 5.42. The third-order valence-corrected chi connectivity index (χ3v) is 4.11. The highest BCUT2D eigenvalue weighted by atomic mass is 19.1. The van der Waals surface area contributed by atoms with Gasteiger partial charge in [0.25, 0.3) is 0 Å². The monoisotopic (exact) mass is 289 g/mol. The van der Waals surface area contributed by atoms with Gasteiger partial charge in [0, 0.05) is 31.4 Å². The lowest BCUT2D eigenvalue weighted by Crippen LogP contribution is -2.28. The summed E-state index contributed by atoms with van der Waals surface area (Å²) < 4.78 is 15.1. The van der Waals surface area contributed by atoms with Crippen LogP contribution in [0.25, 0.3) is 0 Å². The first-order chi connectivity index (χ1) is 10.1. The first-order valence-electron chi connectivity index (χ1n) is 7.29. The Labute approximate surface area is 123 Å². The number of aliphatic hydroxyl groups excluding tert-OH is 1. The molecule has 4 nitrogen and oxygen atoms in total. The summed E-state index contributed by atoms with van der Waals surface area (Å²) in [6.45, 7) is 1.47. The molecule has 2 heterocycles. The lowest BCUT2D eigenvalue weighted by molar-refractivity contribution is 0.106. The van der Waals surface area contributed by atoms with Gasteiger partial charge in [0.2, 0.25) is 0 Å². The molecule has 3 rings (SSSR count). The Bertz CT molecular complexity index is 613. The fraction of sp³-hybridized carbons (Fsp3) is 0.438. The van der Waals surface area contributed by atoms with Gasteiger partial charge in [0.15, 0.2) is 0 Å². The Balaban J connectivity index is 1.71. The molecular weight excluding hydrogens is 269 g/mol. The van der Waals surface area contributed by atoms with E-state index in [4.69, 9.17) is 0 Å². The van der Waals surface area contributed by atoms with Crippen LogP contribution in [0, 0.1) is 5.82 Å². The van der Waals surface area contributed by atoms with Gasteiger partial charge in [-0.15, -0.1) is 0 Å². The third-order valence-electron chi connectivity index (χ3n) is 4.11. The zero-order valence-corrected chi connectivity index (χ0v) is 12.1. The Kier molecular flexibility index (Phi) is 4.03. The molecule has 112 valence electrons. The van der Waals surface area contributed by atoms with Crippen molar-refractivity contribution in [1.29, 1.82) is 0 Å². The van der Waals surface area contributed by atoms with Gasteiger partial charge < -0.3 is 5.11 Å². The second-order valence-corrected chi connectivity index (χ2v) is 5.67. The van der Waals surface area contributed by atoms with Crippen LogP contribution in [0.2, 0.25) is 0 Å². The SMILES string of the molecule is Cn1cc([C@H]2CCCN2C[C@H](O)c2cccc(F)c2)cn1. The van der Waals surface area contributed by atoms with E-state index in [9.17, 15) is 9.50 Å². The van der Waals surface area contributed by atoms with Crippen LogP contribution >= 0.6 is 0 Å². The number of hydrogen-bond donors (Lipinski definition) is 1. The minimum absolute atomic E-state index is 0.293. The normalized spacial score (nSPS) is 20.8. The molecule has 0 bridgehead atoms. The van der Waals surface area contributed by atoms with Crippen molar-refractivity contribution in [3.05, 3.63) is 53.6 Å². The lowest BCUT2D eigenvalue weighted by atomic mass is 10.1. The van der Waals surface area contributed by atoms with E-state index in [1.807, 2.05) is 19.4 Å². The molecule has 1 fully saturated rings. The quantitative estimate of drug-likeness (QED) is 0.940. The number of benzene rings is 1. The highest BCUT2D eigenvalue weighted by Crippen LogP contribution is 2.33. The zero-order valence-electron chi connectivity index (χ0n) is 12.1. The van der Waals surface area contributed by atoms with Crippen LogP contribution < -0.4 is 0 Å². The van der Waals surface area contributed by atoms with Crippen LogP contribution in [-0.4, -0.2) is 32.9 Å². The van der Waals surface area contributed by atoms with Crippen molar-refractivity contribution in [2.45, 2.75) is 25.0 Å². The number of rotatable bonds is 4. The summed E-state index contributed by atoms with van der Waals surface area (Å²) in [5.74, 6) is -0.309. The van der Waals surface area contributed by atoms with Crippen molar-refractivity contribution in [2.24, 2.45) is 7.05 Å².